The maximum absolute atomic E-state index is 11.0. The third-order valence-electron chi connectivity index (χ3n) is 4.01. The quantitative estimate of drug-likeness (QED) is 0.758. The molecule has 1 unspecified atom stereocenters. The fraction of sp³-hybridized carbons (Fsp3) is 0.316. The summed E-state index contributed by atoms with van der Waals surface area (Å²) >= 11 is 0. The summed E-state index contributed by atoms with van der Waals surface area (Å²) in [6, 6.07) is 16.1. The highest BCUT2D eigenvalue weighted by Crippen LogP contribution is 2.28. The first-order valence-electron chi connectivity index (χ1n) is 7.57. The molecular weight excluding hydrogens is 276 g/mol. The fourth-order valence-electron chi connectivity index (χ4n) is 2.66. The van der Waals surface area contributed by atoms with Crippen LogP contribution in [0.15, 0.2) is 48.5 Å². The molecule has 0 amide bonds. The first-order valence-corrected chi connectivity index (χ1v) is 7.57. The SMILES string of the molecule is Cc1cccc(C(CCCc2ccccc2)OC(=O)O)c1C. The third kappa shape index (κ3) is 4.35. The molecule has 2 aromatic rings. The number of benzene rings is 2. The third-order valence-corrected chi connectivity index (χ3v) is 4.01. The van der Waals surface area contributed by atoms with Crippen molar-refractivity contribution in [1.29, 1.82) is 0 Å². The number of aryl methyl sites for hydroxylation is 2. The van der Waals surface area contributed by atoms with Crippen molar-refractivity contribution < 1.29 is 14.6 Å². The molecule has 0 aliphatic heterocycles. The molecule has 2 rings (SSSR count). The second-order valence-electron chi connectivity index (χ2n) is 5.54. The van der Waals surface area contributed by atoms with Gasteiger partial charge in [-0.15, -0.1) is 0 Å². The Balaban J connectivity index is 2.06. The normalized spacial score (nSPS) is 11.9. The van der Waals surface area contributed by atoms with Gasteiger partial charge in [0.2, 0.25) is 0 Å². The topological polar surface area (TPSA) is 46.5 Å². The van der Waals surface area contributed by atoms with Crippen molar-refractivity contribution in [2.24, 2.45) is 0 Å². The molecule has 0 saturated heterocycles. The van der Waals surface area contributed by atoms with Crippen molar-refractivity contribution in [3.63, 3.8) is 0 Å². The van der Waals surface area contributed by atoms with Crippen LogP contribution in [-0.2, 0) is 11.2 Å². The second kappa shape index (κ2) is 7.64. The van der Waals surface area contributed by atoms with Gasteiger partial charge in [0.05, 0.1) is 0 Å². The average molecular weight is 298 g/mol. The van der Waals surface area contributed by atoms with E-state index in [9.17, 15) is 4.79 Å². The Morgan fingerprint density at radius 2 is 1.82 bits per heavy atom. The molecule has 0 heterocycles. The lowest BCUT2D eigenvalue weighted by Crippen LogP contribution is -2.11. The van der Waals surface area contributed by atoms with Crippen molar-refractivity contribution in [2.75, 3.05) is 0 Å². The molecule has 1 atom stereocenters. The number of carboxylic acid groups (broad SMARTS) is 1. The van der Waals surface area contributed by atoms with Gasteiger partial charge in [-0.2, -0.15) is 0 Å². The largest absolute Gasteiger partial charge is 0.506 e. The van der Waals surface area contributed by atoms with Gasteiger partial charge < -0.3 is 9.84 Å². The van der Waals surface area contributed by atoms with Crippen LogP contribution >= 0.6 is 0 Å². The Labute approximate surface area is 131 Å². The van der Waals surface area contributed by atoms with E-state index in [1.165, 1.54) is 5.56 Å². The molecular formula is C19H22O3. The van der Waals surface area contributed by atoms with Gasteiger partial charge in [-0.1, -0.05) is 48.5 Å². The monoisotopic (exact) mass is 298 g/mol. The van der Waals surface area contributed by atoms with E-state index in [1.807, 2.05) is 50.2 Å². The van der Waals surface area contributed by atoms with Crippen molar-refractivity contribution in [2.45, 2.75) is 39.2 Å². The van der Waals surface area contributed by atoms with Gasteiger partial charge in [0.15, 0.2) is 0 Å². The molecule has 0 aromatic heterocycles. The molecule has 0 bridgehead atoms. The number of hydrogen-bond acceptors (Lipinski definition) is 2. The summed E-state index contributed by atoms with van der Waals surface area (Å²) in [6.45, 7) is 4.04. The first kappa shape index (κ1) is 16.1. The van der Waals surface area contributed by atoms with Crippen LogP contribution in [0.3, 0.4) is 0 Å². The highest BCUT2D eigenvalue weighted by molar-refractivity contribution is 5.57. The first-order chi connectivity index (χ1) is 10.6. The van der Waals surface area contributed by atoms with E-state index in [0.717, 1.165) is 29.5 Å². The number of ether oxygens (including phenoxy) is 1. The molecule has 0 spiro atoms. The molecule has 3 heteroatoms. The summed E-state index contributed by atoms with van der Waals surface area (Å²) in [5.74, 6) is 0. The van der Waals surface area contributed by atoms with Gasteiger partial charge in [0, 0.05) is 0 Å². The Bertz CT molecular complexity index is 620. The average Bonchev–Trinajstić information content (AvgIpc) is 2.50. The van der Waals surface area contributed by atoms with Gasteiger partial charge in [-0.25, -0.2) is 4.79 Å². The van der Waals surface area contributed by atoms with Crippen LogP contribution in [0, 0.1) is 13.8 Å². The Kier molecular flexibility index (Phi) is 5.59. The van der Waals surface area contributed by atoms with Gasteiger partial charge in [-0.05, 0) is 55.4 Å². The maximum atomic E-state index is 11.0. The Morgan fingerprint density at radius 3 is 2.50 bits per heavy atom. The molecule has 0 fully saturated rings. The second-order valence-corrected chi connectivity index (χ2v) is 5.54. The van der Waals surface area contributed by atoms with Crippen molar-refractivity contribution in [3.8, 4) is 0 Å². The molecule has 0 aliphatic rings. The van der Waals surface area contributed by atoms with E-state index in [4.69, 9.17) is 9.84 Å². The molecule has 0 radical (unpaired) electrons. The van der Waals surface area contributed by atoms with E-state index in [-0.39, 0.29) is 0 Å². The van der Waals surface area contributed by atoms with Crippen molar-refractivity contribution in [3.05, 3.63) is 70.8 Å². The lowest BCUT2D eigenvalue weighted by molar-refractivity contribution is 0.0465. The van der Waals surface area contributed by atoms with Gasteiger partial charge in [0.1, 0.15) is 6.10 Å². The van der Waals surface area contributed by atoms with Gasteiger partial charge in [-0.3, -0.25) is 0 Å². The molecule has 22 heavy (non-hydrogen) atoms. The zero-order valence-corrected chi connectivity index (χ0v) is 13.1. The summed E-state index contributed by atoms with van der Waals surface area (Å²) in [7, 11) is 0. The summed E-state index contributed by atoms with van der Waals surface area (Å²) in [6.07, 6.45) is 0.873. The summed E-state index contributed by atoms with van der Waals surface area (Å²) in [5.41, 5.74) is 4.49. The standard InChI is InChI=1S/C19H22O3/c1-14-8-6-12-17(15(14)2)18(22-19(20)21)13-7-11-16-9-4-3-5-10-16/h3-6,8-10,12,18H,7,11,13H2,1-2H3,(H,20,21). The zero-order valence-electron chi connectivity index (χ0n) is 13.1. The summed E-state index contributed by atoms with van der Waals surface area (Å²) in [4.78, 5) is 11.0. The van der Waals surface area contributed by atoms with Crippen LogP contribution in [0.2, 0.25) is 0 Å². The minimum absolute atomic E-state index is 0.402. The number of hydrogen-bond donors (Lipinski definition) is 1. The predicted molar refractivity (Wildman–Crippen MR) is 87.1 cm³/mol. The molecule has 3 nitrogen and oxygen atoms in total. The van der Waals surface area contributed by atoms with E-state index < -0.39 is 12.3 Å². The minimum atomic E-state index is -1.22. The molecule has 0 aliphatic carbocycles. The maximum Gasteiger partial charge on any atom is 0.506 e. The lowest BCUT2D eigenvalue weighted by Gasteiger charge is -2.19. The predicted octanol–water partition coefficient (Wildman–Crippen LogP) is 5.06. The molecule has 116 valence electrons. The fourth-order valence-corrected chi connectivity index (χ4v) is 2.66. The highest BCUT2D eigenvalue weighted by atomic mass is 16.7. The highest BCUT2D eigenvalue weighted by Gasteiger charge is 2.18. The van der Waals surface area contributed by atoms with Crippen LogP contribution in [0.25, 0.3) is 0 Å². The summed E-state index contributed by atoms with van der Waals surface area (Å²) in [5, 5.41) is 9.00. The van der Waals surface area contributed by atoms with Crippen LogP contribution in [0.1, 0.15) is 41.2 Å². The lowest BCUT2D eigenvalue weighted by atomic mass is 9.95. The number of carbonyl (C=O) groups is 1. The summed E-state index contributed by atoms with van der Waals surface area (Å²) < 4.78 is 5.13. The Morgan fingerprint density at radius 1 is 1.09 bits per heavy atom. The smallest absolute Gasteiger partial charge is 0.450 e. The zero-order chi connectivity index (χ0) is 15.9. The van der Waals surface area contributed by atoms with E-state index >= 15 is 0 Å². The Hall–Kier alpha value is -2.29. The van der Waals surface area contributed by atoms with Crippen LogP contribution in [-0.4, -0.2) is 11.3 Å². The minimum Gasteiger partial charge on any atom is -0.450 e. The van der Waals surface area contributed by atoms with Gasteiger partial charge in [0.25, 0.3) is 0 Å². The van der Waals surface area contributed by atoms with E-state index in [2.05, 4.69) is 12.1 Å². The van der Waals surface area contributed by atoms with E-state index in [0.29, 0.717) is 6.42 Å². The van der Waals surface area contributed by atoms with Crippen LogP contribution in [0.5, 0.6) is 0 Å². The molecule has 2 aromatic carbocycles. The number of rotatable bonds is 6. The van der Waals surface area contributed by atoms with Crippen molar-refractivity contribution in [1.82, 2.24) is 0 Å². The van der Waals surface area contributed by atoms with E-state index in [1.54, 1.807) is 0 Å². The van der Waals surface area contributed by atoms with Gasteiger partial charge >= 0.3 is 6.16 Å². The molecule has 0 saturated carbocycles. The van der Waals surface area contributed by atoms with Crippen LogP contribution < -0.4 is 0 Å². The molecule has 1 N–H and O–H groups in total. The van der Waals surface area contributed by atoms with Crippen molar-refractivity contribution >= 4 is 6.16 Å². The van der Waals surface area contributed by atoms with Crippen LogP contribution in [0.4, 0.5) is 4.79 Å².